The number of benzene rings is 1. The summed E-state index contributed by atoms with van der Waals surface area (Å²) in [6, 6.07) is 8.31. The molecule has 2 atom stereocenters. The van der Waals surface area contributed by atoms with Gasteiger partial charge in [-0.15, -0.1) is 0 Å². The number of rotatable bonds is 7. The van der Waals surface area contributed by atoms with E-state index >= 15 is 0 Å². The lowest BCUT2D eigenvalue weighted by atomic mass is 9.51. The number of amides is 2. The molecular weight excluding hydrogens is 402 g/mol. The molecule has 4 aliphatic carbocycles. The molecule has 32 heavy (non-hydrogen) atoms. The van der Waals surface area contributed by atoms with Crippen molar-refractivity contribution >= 4 is 12.0 Å². The van der Waals surface area contributed by atoms with Gasteiger partial charge in [0.25, 0.3) is 0 Å². The van der Waals surface area contributed by atoms with E-state index in [0.29, 0.717) is 43.9 Å². The molecule has 5 aliphatic rings. The third-order valence-electron chi connectivity index (χ3n) is 8.12. The van der Waals surface area contributed by atoms with Gasteiger partial charge in [-0.05, 0) is 67.4 Å². The highest BCUT2D eigenvalue weighted by atomic mass is 16.6. The fourth-order valence-electron chi connectivity index (χ4n) is 7.08. The smallest absolute Gasteiger partial charge is 0.407 e. The van der Waals surface area contributed by atoms with Gasteiger partial charge in [0.1, 0.15) is 5.60 Å². The summed E-state index contributed by atoms with van der Waals surface area (Å²) in [4.78, 5) is 27.5. The van der Waals surface area contributed by atoms with Gasteiger partial charge >= 0.3 is 6.09 Å². The number of alkyl carbamates (subject to hydrolysis) is 1. The molecule has 6 heteroatoms. The summed E-state index contributed by atoms with van der Waals surface area (Å²) in [5.41, 5.74) is 2.06. The van der Waals surface area contributed by atoms with Crippen LogP contribution in [0.5, 0.6) is 0 Å². The minimum absolute atomic E-state index is 0.0788. The Morgan fingerprint density at radius 2 is 1.75 bits per heavy atom. The minimum Gasteiger partial charge on any atom is -0.443 e. The molecule has 0 saturated heterocycles. The molecule has 2 amide bonds. The molecule has 4 saturated carbocycles. The van der Waals surface area contributed by atoms with Crippen molar-refractivity contribution in [3.8, 4) is 0 Å². The molecule has 1 aromatic carbocycles. The third kappa shape index (κ3) is 4.39. The molecule has 2 unspecified atom stereocenters. The highest BCUT2D eigenvalue weighted by Crippen LogP contribution is 2.58. The summed E-state index contributed by atoms with van der Waals surface area (Å²) in [6.45, 7) is 6.75. The van der Waals surface area contributed by atoms with Crippen LogP contribution in [0.3, 0.4) is 0 Å². The van der Waals surface area contributed by atoms with Crippen LogP contribution >= 0.6 is 0 Å². The Labute approximate surface area is 191 Å². The molecule has 2 N–H and O–H groups in total. The van der Waals surface area contributed by atoms with E-state index in [1.165, 1.54) is 17.5 Å². The fraction of sp³-hybridized carbons (Fsp3) is 0.692. The number of carbonyl (C=O) groups is 2. The van der Waals surface area contributed by atoms with E-state index in [9.17, 15) is 9.59 Å². The predicted octanol–water partition coefficient (Wildman–Crippen LogP) is 3.98. The lowest BCUT2D eigenvalue weighted by Gasteiger charge is -2.61. The monoisotopic (exact) mass is 439 g/mol. The summed E-state index contributed by atoms with van der Waals surface area (Å²) in [7, 11) is 0. The molecule has 0 aromatic heterocycles. The van der Waals surface area contributed by atoms with Crippen LogP contribution in [0.1, 0.15) is 69.9 Å². The molecule has 4 fully saturated rings. The van der Waals surface area contributed by atoms with Crippen LogP contribution in [0.25, 0.3) is 0 Å². The van der Waals surface area contributed by atoms with Gasteiger partial charge in [0.05, 0.1) is 6.54 Å². The van der Waals surface area contributed by atoms with Crippen molar-refractivity contribution in [1.82, 2.24) is 15.5 Å². The molecule has 0 radical (unpaired) electrons. The zero-order chi connectivity index (χ0) is 22.3. The second kappa shape index (κ2) is 8.36. The first-order chi connectivity index (χ1) is 15.3. The van der Waals surface area contributed by atoms with Gasteiger partial charge in [-0.25, -0.2) is 4.79 Å². The molecule has 1 heterocycles. The maximum Gasteiger partial charge on any atom is 0.407 e. The van der Waals surface area contributed by atoms with Crippen molar-refractivity contribution in [3.63, 3.8) is 0 Å². The van der Waals surface area contributed by atoms with Gasteiger partial charge in [0.2, 0.25) is 5.91 Å². The lowest BCUT2D eigenvalue weighted by molar-refractivity contribution is -0.148. The molecule has 1 aliphatic heterocycles. The fourth-order valence-corrected chi connectivity index (χ4v) is 7.08. The van der Waals surface area contributed by atoms with E-state index in [1.807, 2.05) is 17.0 Å². The van der Waals surface area contributed by atoms with Crippen molar-refractivity contribution in [3.05, 3.63) is 35.4 Å². The molecule has 6 nitrogen and oxygen atoms in total. The van der Waals surface area contributed by atoms with Gasteiger partial charge in [0, 0.05) is 31.6 Å². The predicted molar refractivity (Wildman–Crippen MR) is 123 cm³/mol. The molecule has 174 valence electrons. The Morgan fingerprint density at radius 3 is 2.38 bits per heavy atom. The Balaban J connectivity index is 1.19. The van der Waals surface area contributed by atoms with Crippen LogP contribution in [-0.2, 0) is 22.6 Å². The van der Waals surface area contributed by atoms with Crippen LogP contribution in [0.2, 0.25) is 0 Å². The summed E-state index contributed by atoms with van der Waals surface area (Å²) in [6.07, 6.45) is 6.89. The first-order valence-electron chi connectivity index (χ1n) is 12.4. The molecule has 0 spiro atoms. The lowest BCUT2D eigenvalue weighted by Crippen LogP contribution is -2.66. The van der Waals surface area contributed by atoms with E-state index in [-0.39, 0.29) is 23.1 Å². The number of nitrogens with zero attached hydrogens (tertiary/aromatic N) is 1. The average molecular weight is 440 g/mol. The summed E-state index contributed by atoms with van der Waals surface area (Å²) in [5.74, 6) is 1.89. The van der Waals surface area contributed by atoms with E-state index in [0.717, 1.165) is 38.5 Å². The van der Waals surface area contributed by atoms with Gasteiger partial charge in [-0.3, -0.25) is 4.79 Å². The maximum absolute atomic E-state index is 13.0. The van der Waals surface area contributed by atoms with E-state index < -0.39 is 0 Å². The number of carbonyl (C=O) groups excluding carboxylic acids is 2. The summed E-state index contributed by atoms with van der Waals surface area (Å²) in [5, 5.41) is 6.64. The molecular formula is C26H37N3O3. The molecule has 1 aromatic rings. The van der Waals surface area contributed by atoms with Crippen LogP contribution in [-0.4, -0.2) is 41.1 Å². The minimum atomic E-state index is -0.369. The molecule has 4 bridgehead atoms. The van der Waals surface area contributed by atoms with Gasteiger partial charge in [-0.2, -0.15) is 0 Å². The SMILES string of the molecule is CC(C)CCNC(=O)OC12CC3CC(CC(NCC(=O)N4Cc5ccccc5C4)(C3)C1)C2. The second-order valence-electron chi connectivity index (χ2n) is 11.3. The highest BCUT2D eigenvalue weighted by Gasteiger charge is 2.59. The number of fused-ring (bicyclic) bond motifs is 1. The Bertz CT molecular complexity index is 844. The second-order valence-corrected chi connectivity index (χ2v) is 11.3. The topological polar surface area (TPSA) is 70.7 Å². The van der Waals surface area contributed by atoms with Gasteiger partial charge in [-0.1, -0.05) is 38.1 Å². The zero-order valence-corrected chi connectivity index (χ0v) is 19.5. The van der Waals surface area contributed by atoms with E-state index in [2.05, 4.69) is 36.6 Å². The summed E-state index contributed by atoms with van der Waals surface area (Å²) < 4.78 is 6.12. The first-order valence-corrected chi connectivity index (χ1v) is 12.4. The van der Waals surface area contributed by atoms with Crippen LogP contribution < -0.4 is 10.6 Å². The van der Waals surface area contributed by atoms with E-state index in [1.54, 1.807) is 0 Å². The normalized spacial score (nSPS) is 32.3. The van der Waals surface area contributed by atoms with Crippen LogP contribution in [0.15, 0.2) is 24.3 Å². The number of hydrogen-bond acceptors (Lipinski definition) is 4. The van der Waals surface area contributed by atoms with Crippen LogP contribution in [0, 0.1) is 17.8 Å². The largest absolute Gasteiger partial charge is 0.443 e. The quantitative estimate of drug-likeness (QED) is 0.674. The Hall–Kier alpha value is -2.08. The Morgan fingerprint density at radius 1 is 1.09 bits per heavy atom. The van der Waals surface area contributed by atoms with Crippen molar-refractivity contribution in [2.75, 3.05) is 13.1 Å². The molecule has 6 rings (SSSR count). The van der Waals surface area contributed by atoms with E-state index in [4.69, 9.17) is 4.74 Å². The average Bonchev–Trinajstić information content (AvgIpc) is 3.15. The standard InChI is InChI=1S/C26H37N3O3/c1-18(2)7-8-27-24(31)32-26-12-19-9-20(13-26)11-25(10-19,17-26)28-14-23(30)29-15-21-5-3-4-6-22(21)16-29/h3-6,18-20,28H,7-17H2,1-2H3,(H,27,31). The Kier molecular flexibility index (Phi) is 5.68. The highest BCUT2D eigenvalue weighted by molar-refractivity contribution is 5.79. The summed E-state index contributed by atoms with van der Waals surface area (Å²) >= 11 is 0. The number of ether oxygens (including phenoxy) is 1. The zero-order valence-electron chi connectivity index (χ0n) is 19.5. The van der Waals surface area contributed by atoms with Crippen molar-refractivity contribution in [2.24, 2.45) is 17.8 Å². The number of nitrogens with one attached hydrogen (secondary N) is 2. The van der Waals surface area contributed by atoms with Gasteiger partial charge < -0.3 is 20.3 Å². The van der Waals surface area contributed by atoms with Gasteiger partial charge in [0.15, 0.2) is 0 Å². The third-order valence-corrected chi connectivity index (χ3v) is 8.12. The van der Waals surface area contributed by atoms with Crippen LogP contribution in [0.4, 0.5) is 4.79 Å². The van der Waals surface area contributed by atoms with Crippen molar-refractivity contribution in [1.29, 1.82) is 0 Å². The first kappa shape index (κ1) is 21.7. The van der Waals surface area contributed by atoms with Crippen molar-refractivity contribution in [2.45, 2.75) is 83.0 Å². The maximum atomic E-state index is 13.0. The van der Waals surface area contributed by atoms with Crippen molar-refractivity contribution < 1.29 is 14.3 Å². The number of hydrogen-bond donors (Lipinski definition) is 2.